The number of esters is 1. The number of allylic oxidation sites excluding steroid dienone is 1. The Morgan fingerprint density at radius 2 is 1.83 bits per heavy atom. The van der Waals surface area contributed by atoms with E-state index in [2.05, 4.69) is 4.99 Å². The molecule has 36 heavy (non-hydrogen) atoms. The van der Waals surface area contributed by atoms with Gasteiger partial charge in [0.1, 0.15) is 11.5 Å². The first-order chi connectivity index (χ1) is 17.4. The summed E-state index contributed by atoms with van der Waals surface area (Å²) >= 11 is 1.42. The summed E-state index contributed by atoms with van der Waals surface area (Å²) in [6.07, 6.45) is 0.144. The number of carbonyl (C=O) groups is 2. The Hall–Kier alpha value is -3.72. The van der Waals surface area contributed by atoms with E-state index in [9.17, 15) is 9.59 Å². The van der Waals surface area contributed by atoms with Crippen molar-refractivity contribution < 1.29 is 23.8 Å². The number of fused-ring (bicyclic) bond motifs is 1. The van der Waals surface area contributed by atoms with Crippen LogP contribution in [0.1, 0.15) is 30.5 Å². The molecule has 0 fully saturated rings. The zero-order valence-corrected chi connectivity index (χ0v) is 21.8. The maximum absolute atomic E-state index is 13.2. The highest BCUT2D eigenvalue weighted by molar-refractivity contribution is 8.16. The van der Waals surface area contributed by atoms with Crippen molar-refractivity contribution in [2.45, 2.75) is 25.9 Å². The summed E-state index contributed by atoms with van der Waals surface area (Å²) in [4.78, 5) is 34.5. The molecule has 2 aromatic rings. The number of hydrogen-bond donors (Lipinski definition) is 0. The molecule has 0 N–H and O–H groups in total. The summed E-state index contributed by atoms with van der Waals surface area (Å²) in [7, 11) is 6.30. The molecule has 0 saturated carbocycles. The highest BCUT2D eigenvalue weighted by atomic mass is 32.2. The molecule has 0 unspecified atom stereocenters. The van der Waals surface area contributed by atoms with E-state index in [0.717, 1.165) is 11.3 Å². The topological polar surface area (TPSA) is 80.7 Å². The molecule has 2 aliphatic heterocycles. The third kappa shape index (κ3) is 4.97. The first-order valence-electron chi connectivity index (χ1n) is 11.4. The lowest BCUT2D eigenvalue weighted by atomic mass is 9.93. The monoisotopic (exact) mass is 507 g/mol. The highest BCUT2D eigenvalue weighted by Gasteiger charge is 2.42. The van der Waals surface area contributed by atoms with Crippen LogP contribution in [0.2, 0.25) is 0 Å². The van der Waals surface area contributed by atoms with Crippen LogP contribution in [0.4, 0.5) is 0 Å². The standard InChI is InChI=1S/C27H29N3O5S/c1-17-24(26(32)35-5)25(21-14-20(33-3)11-12-22(21)34-4)30-19(16-36-27(30)28-17)13-23(31)29(2)15-18-9-7-6-8-10-18/h6-12,14,16,25H,13,15H2,1-5H3/t25-/m0/s1. The SMILES string of the molecule is COC(=O)C1=C(C)N=C2SC=C(CC(=O)N(C)Cc3ccccc3)N2[C@H]1c1cc(OC)ccc1OC. The lowest BCUT2D eigenvalue weighted by molar-refractivity contribution is -0.136. The minimum absolute atomic E-state index is 0.0470. The first-order valence-corrected chi connectivity index (χ1v) is 12.3. The van der Waals surface area contributed by atoms with Crippen LogP contribution in [0.5, 0.6) is 11.5 Å². The number of aliphatic imine (C=N–C) groups is 1. The van der Waals surface area contributed by atoms with Gasteiger partial charge in [0.2, 0.25) is 5.91 Å². The largest absolute Gasteiger partial charge is 0.497 e. The minimum Gasteiger partial charge on any atom is -0.497 e. The maximum atomic E-state index is 13.2. The second-order valence-corrected chi connectivity index (χ2v) is 9.24. The van der Waals surface area contributed by atoms with Crippen molar-refractivity contribution in [3.05, 3.63) is 82.0 Å². The van der Waals surface area contributed by atoms with Crippen molar-refractivity contribution in [2.75, 3.05) is 28.4 Å². The summed E-state index contributed by atoms with van der Waals surface area (Å²) in [6.45, 7) is 2.29. The number of rotatable bonds is 8. The van der Waals surface area contributed by atoms with Gasteiger partial charge in [-0.1, -0.05) is 42.1 Å². The number of hydrogen-bond acceptors (Lipinski definition) is 8. The molecule has 0 aliphatic carbocycles. The van der Waals surface area contributed by atoms with E-state index in [1.807, 2.05) is 46.7 Å². The van der Waals surface area contributed by atoms with Gasteiger partial charge in [-0.25, -0.2) is 9.79 Å². The van der Waals surface area contributed by atoms with Gasteiger partial charge in [0.05, 0.1) is 45.1 Å². The lowest BCUT2D eigenvalue weighted by Gasteiger charge is -2.37. The summed E-state index contributed by atoms with van der Waals surface area (Å²) in [5.41, 5.74) is 3.44. The predicted octanol–water partition coefficient (Wildman–Crippen LogP) is 4.50. The van der Waals surface area contributed by atoms with E-state index < -0.39 is 12.0 Å². The molecule has 0 saturated heterocycles. The Kier molecular flexibility index (Phi) is 7.69. The quantitative estimate of drug-likeness (QED) is 0.487. The molecule has 0 spiro atoms. The van der Waals surface area contributed by atoms with Gasteiger partial charge in [0, 0.05) is 24.9 Å². The molecule has 1 atom stereocenters. The van der Waals surface area contributed by atoms with E-state index in [4.69, 9.17) is 14.2 Å². The molecule has 0 radical (unpaired) electrons. The Morgan fingerprint density at radius 3 is 2.50 bits per heavy atom. The number of ether oxygens (including phenoxy) is 3. The van der Waals surface area contributed by atoms with Crippen LogP contribution in [-0.2, 0) is 20.9 Å². The second kappa shape index (κ2) is 10.9. The van der Waals surface area contributed by atoms with Crippen LogP contribution in [0.3, 0.4) is 0 Å². The first kappa shape index (κ1) is 25.4. The van der Waals surface area contributed by atoms with Gasteiger partial charge in [0.25, 0.3) is 0 Å². The number of carbonyl (C=O) groups excluding carboxylic acids is 2. The number of nitrogens with zero attached hydrogens (tertiary/aromatic N) is 3. The molecule has 0 aromatic heterocycles. The molecule has 4 rings (SSSR count). The van der Waals surface area contributed by atoms with Gasteiger partial charge in [-0.2, -0.15) is 0 Å². The average molecular weight is 508 g/mol. The van der Waals surface area contributed by atoms with Gasteiger partial charge in [0.15, 0.2) is 5.17 Å². The zero-order chi connectivity index (χ0) is 25.8. The molecule has 188 valence electrons. The van der Waals surface area contributed by atoms with Crippen molar-refractivity contribution >= 4 is 28.8 Å². The third-order valence-corrected chi connectivity index (χ3v) is 7.05. The highest BCUT2D eigenvalue weighted by Crippen LogP contribution is 2.47. The van der Waals surface area contributed by atoms with Crippen molar-refractivity contribution in [2.24, 2.45) is 4.99 Å². The van der Waals surface area contributed by atoms with Crippen LogP contribution in [-0.4, -0.2) is 55.2 Å². The molecule has 2 heterocycles. The molecule has 8 nitrogen and oxygen atoms in total. The summed E-state index contributed by atoms with van der Waals surface area (Å²) < 4.78 is 16.3. The maximum Gasteiger partial charge on any atom is 0.338 e. The van der Waals surface area contributed by atoms with Crippen molar-refractivity contribution in [3.8, 4) is 11.5 Å². The Labute approximate surface area is 215 Å². The minimum atomic E-state index is -0.608. The zero-order valence-electron chi connectivity index (χ0n) is 21.0. The lowest BCUT2D eigenvalue weighted by Crippen LogP contribution is -2.38. The van der Waals surface area contributed by atoms with E-state index in [-0.39, 0.29) is 12.3 Å². The number of methoxy groups -OCH3 is 3. The molecular formula is C27H29N3O5S. The number of thioether (sulfide) groups is 1. The van der Waals surface area contributed by atoms with Gasteiger partial charge < -0.3 is 24.0 Å². The predicted molar refractivity (Wildman–Crippen MR) is 139 cm³/mol. The van der Waals surface area contributed by atoms with Crippen LogP contribution in [0.25, 0.3) is 0 Å². The van der Waals surface area contributed by atoms with E-state index in [1.54, 1.807) is 45.2 Å². The third-order valence-electron chi connectivity index (χ3n) is 6.16. The van der Waals surface area contributed by atoms with Crippen LogP contribution in [0, 0.1) is 0 Å². The average Bonchev–Trinajstić information content (AvgIpc) is 3.29. The molecule has 9 heteroatoms. The summed E-state index contributed by atoms with van der Waals surface area (Å²) in [6, 6.07) is 14.7. The van der Waals surface area contributed by atoms with Crippen molar-refractivity contribution in [3.63, 3.8) is 0 Å². The van der Waals surface area contributed by atoms with E-state index >= 15 is 0 Å². The second-order valence-electron chi connectivity index (χ2n) is 8.40. The number of amides is 1. The number of amidine groups is 1. The van der Waals surface area contributed by atoms with Crippen LogP contribution in [0.15, 0.2) is 75.9 Å². The Bertz CT molecular complexity index is 1260. The van der Waals surface area contributed by atoms with Crippen molar-refractivity contribution in [1.82, 2.24) is 9.80 Å². The number of benzene rings is 2. The van der Waals surface area contributed by atoms with Crippen LogP contribution < -0.4 is 9.47 Å². The van der Waals surface area contributed by atoms with E-state index in [1.165, 1.54) is 18.9 Å². The fourth-order valence-corrected chi connectivity index (χ4v) is 5.29. The molecule has 0 bridgehead atoms. The fourth-order valence-electron chi connectivity index (χ4n) is 4.32. The fraction of sp³-hybridized carbons (Fsp3) is 0.296. The Morgan fingerprint density at radius 1 is 1.08 bits per heavy atom. The molecule has 2 aliphatic rings. The summed E-state index contributed by atoms with van der Waals surface area (Å²) in [5, 5.41) is 2.60. The van der Waals surface area contributed by atoms with Crippen LogP contribution >= 0.6 is 11.8 Å². The summed E-state index contributed by atoms with van der Waals surface area (Å²) in [5.74, 6) is 0.663. The van der Waals surface area contributed by atoms with Gasteiger partial charge in [-0.05, 0) is 36.1 Å². The van der Waals surface area contributed by atoms with Gasteiger partial charge >= 0.3 is 5.97 Å². The van der Waals surface area contributed by atoms with Gasteiger partial charge in [-0.15, -0.1) is 0 Å². The van der Waals surface area contributed by atoms with Gasteiger partial charge in [-0.3, -0.25) is 4.79 Å². The molecular weight excluding hydrogens is 478 g/mol. The molecule has 1 amide bonds. The van der Waals surface area contributed by atoms with E-state index in [0.29, 0.717) is 40.0 Å². The molecule has 2 aromatic carbocycles. The van der Waals surface area contributed by atoms with Crippen molar-refractivity contribution in [1.29, 1.82) is 0 Å². The Balaban J connectivity index is 1.71. The smallest absolute Gasteiger partial charge is 0.338 e. The normalized spacial score (nSPS) is 16.7.